The number of aromatic nitrogens is 1. The maximum absolute atomic E-state index is 6.12. The van der Waals surface area contributed by atoms with E-state index in [-0.39, 0.29) is 0 Å². The van der Waals surface area contributed by atoms with Crippen molar-refractivity contribution in [1.29, 1.82) is 0 Å². The largest absolute Gasteiger partial charge is 0.354 e. The van der Waals surface area contributed by atoms with E-state index in [4.69, 9.17) is 21.6 Å². The second-order valence-corrected chi connectivity index (χ2v) is 9.55. The molecule has 1 saturated heterocycles. The van der Waals surface area contributed by atoms with Gasteiger partial charge in [-0.25, -0.2) is 9.98 Å². The molecule has 0 atom stereocenters. The van der Waals surface area contributed by atoms with Crippen LogP contribution in [0.2, 0.25) is 5.02 Å². The Balaban J connectivity index is 1.64. The first kappa shape index (κ1) is 21.8. The molecule has 0 unspecified atom stereocenters. The zero-order chi connectivity index (χ0) is 22.6. The van der Waals surface area contributed by atoms with Crippen molar-refractivity contribution in [3.05, 3.63) is 95.5 Å². The van der Waals surface area contributed by atoms with Crippen molar-refractivity contribution < 1.29 is 0 Å². The fourth-order valence-corrected chi connectivity index (χ4v) is 5.00. The third-order valence-corrected chi connectivity index (χ3v) is 7.04. The zero-order valence-electron chi connectivity index (χ0n) is 18.5. The zero-order valence-corrected chi connectivity index (χ0v) is 20.1. The molecule has 166 valence electrons. The van der Waals surface area contributed by atoms with E-state index in [9.17, 15) is 0 Å². The molecule has 33 heavy (non-hydrogen) atoms. The number of amidine groups is 1. The van der Waals surface area contributed by atoms with Crippen LogP contribution in [0.15, 0.2) is 89.9 Å². The SMILES string of the molecule is CN1CCN(C(=Nc2sc(-c3ccc(Cl)cc3)nc2-c2ccccc2)c2ccccc2)CC1. The van der Waals surface area contributed by atoms with Gasteiger partial charge in [-0.3, -0.25) is 0 Å². The van der Waals surface area contributed by atoms with Crippen molar-refractivity contribution in [2.45, 2.75) is 0 Å². The third-order valence-electron chi connectivity index (χ3n) is 5.79. The van der Waals surface area contributed by atoms with E-state index < -0.39 is 0 Å². The molecular weight excluding hydrogens is 448 g/mol. The van der Waals surface area contributed by atoms with Gasteiger partial charge in [0.1, 0.15) is 21.5 Å². The lowest BCUT2D eigenvalue weighted by atomic mass is 10.1. The van der Waals surface area contributed by atoms with Gasteiger partial charge in [-0.05, 0) is 19.2 Å². The minimum atomic E-state index is 0.721. The van der Waals surface area contributed by atoms with Gasteiger partial charge in [0.25, 0.3) is 0 Å². The Bertz CT molecular complexity index is 1230. The van der Waals surface area contributed by atoms with E-state index in [2.05, 4.69) is 53.2 Å². The first-order valence-corrected chi connectivity index (χ1v) is 12.3. The Morgan fingerprint density at radius 3 is 2.12 bits per heavy atom. The van der Waals surface area contributed by atoms with Crippen molar-refractivity contribution in [3.63, 3.8) is 0 Å². The van der Waals surface area contributed by atoms with E-state index in [1.807, 2.05) is 48.5 Å². The van der Waals surface area contributed by atoms with Crippen LogP contribution < -0.4 is 0 Å². The maximum atomic E-state index is 6.12. The molecule has 4 aromatic rings. The Morgan fingerprint density at radius 1 is 0.818 bits per heavy atom. The standard InChI is InChI=1S/C27H25ClN4S/c1-31-16-18-32(19-17-31)25(21-10-6-3-7-11-21)30-27-24(20-8-4-2-5-9-20)29-26(33-27)22-12-14-23(28)15-13-22/h2-15H,16-19H2,1H3. The van der Waals surface area contributed by atoms with Crippen LogP contribution in [-0.4, -0.2) is 53.8 Å². The molecule has 3 aromatic carbocycles. The molecule has 6 heteroatoms. The molecule has 1 aliphatic heterocycles. The number of piperazine rings is 1. The van der Waals surface area contributed by atoms with Gasteiger partial charge in [0.15, 0.2) is 0 Å². The van der Waals surface area contributed by atoms with Gasteiger partial charge in [0.2, 0.25) is 0 Å². The highest BCUT2D eigenvalue weighted by atomic mass is 35.5. The molecule has 5 rings (SSSR count). The average molecular weight is 473 g/mol. The van der Waals surface area contributed by atoms with Crippen molar-refractivity contribution in [2.24, 2.45) is 4.99 Å². The highest BCUT2D eigenvalue weighted by Crippen LogP contribution is 2.40. The summed E-state index contributed by atoms with van der Waals surface area (Å²) in [6, 6.07) is 28.6. The van der Waals surface area contributed by atoms with Crippen LogP contribution in [0.4, 0.5) is 5.00 Å². The average Bonchev–Trinajstić information content (AvgIpc) is 3.29. The molecule has 0 radical (unpaired) electrons. The number of hydrogen-bond acceptors (Lipinski definition) is 4. The molecular formula is C27H25ClN4S. The minimum absolute atomic E-state index is 0.721. The molecule has 0 bridgehead atoms. The fraction of sp³-hybridized carbons (Fsp3) is 0.185. The number of halogens is 1. The minimum Gasteiger partial charge on any atom is -0.354 e. The lowest BCUT2D eigenvalue weighted by Gasteiger charge is -2.34. The second-order valence-electron chi connectivity index (χ2n) is 8.14. The van der Waals surface area contributed by atoms with Crippen LogP contribution in [0.1, 0.15) is 5.56 Å². The third kappa shape index (κ3) is 5.01. The summed E-state index contributed by atoms with van der Waals surface area (Å²) in [5.74, 6) is 1.01. The molecule has 1 aliphatic rings. The van der Waals surface area contributed by atoms with Gasteiger partial charge in [0, 0.05) is 47.9 Å². The smallest absolute Gasteiger partial charge is 0.146 e. The maximum Gasteiger partial charge on any atom is 0.146 e. The van der Waals surface area contributed by atoms with E-state index in [0.29, 0.717) is 0 Å². The summed E-state index contributed by atoms with van der Waals surface area (Å²) in [5.41, 5.74) is 4.15. The molecule has 1 fully saturated rings. The van der Waals surface area contributed by atoms with Crippen LogP contribution in [0.5, 0.6) is 0 Å². The van der Waals surface area contributed by atoms with Crippen LogP contribution in [0, 0.1) is 0 Å². The summed E-state index contributed by atoms with van der Waals surface area (Å²) < 4.78 is 0. The number of nitrogens with zero attached hydrogens (tertiary/aromatic N) is 4. The van der Waals surface area contributed by atoms with Gasteiger partial charge in [-0.2, -0.15) is 0 Å². The van der Waals surface area contributed by atoms with Crippen LogP contribution in [-0.2, 0) is 0 Å². The Hall–Kier alpha value is -2.99. The summed E-state index contributed by atoms with van der Waals surface area (Å²) in [6.45, 7) is 3.95. The molecule has 0 spiro atoms. The first-order chi connectivity index (χ1) is 16.2. The number of thiazole rings is 1. The predicted molar refractivity (Wildman–Crippen MR) is 140 cm³/mol. The lowest BCUT2D eigenvalue weighted by Crippen LogP contribution is -2.47. The number of aliphatic imine (C=N–C) groups is 1. The van der Waals surface area contributed by atoms with Crippen molar-refractivity contribution in [1.82, 2.24) is 14.8 Å². The summed E-state index contributed by atoms with van der Waals surface area (Å²) >= 11 is 7.74. The van der Waals surface area contributed by atoms with Crippen molar-refractivity contribution in [3.8, 4) is 21.8 Å². The highest BCUT2D eigenvalue weighted by molar-refractivity contribution is 7.19. The van der Waals surface area contributed by atoms with Gasteiger partial charge >= 0.3 is 0 Å². The number of hydrogen-bond donors (Lipinski definition) is 0. The van der Waals surface area contributed by atoms with Crippen molar-refractivity contribution >= 4 is 33.8 Å². The van der Waals surface area contributed by atoms with Crippen LogP contribution >= 0.6 is 22.9 Å². The quantitative estimate of drug-likeness (QED) is 0.252. The molecule has 1 aromatic heterocycles. The van der Waals surface area contributed by atoms with Gasteiger partial charge < -0.3 is 9.80 Å². The van der Waals surface area contributed by atoms with Gasteiger partial charge in [0.05, 0.1) is 0 Å². The van der Waals surface area contributed by atoms with Gasteiger partial charge in [-0.1, -0.05) is 95.7 Å². The molecule has 0 saturated carbocycles. The van der Waals surface area contributed by atoms with E-state index >= 15 is 0 Å². The molecule has 0 aliphatic carbocycles. The predicted octanol–water partition coefficient (Wildman–Crippen LogP) is 6.46. The van der Waals surface area contributed by atoms with Gasteiger partial charge in [-0.15, -0.1) is 0 Å². The molecule has 4 nitrogen and oxygen atoms in total. The summed E-state index contributed by atoms with van der Waals surface area (Å²) in [6.07, 6.45) is 0. The Kier molecular flexibility index (Phi) is 6.53. The highest BCUT2D eigenvalue weighted by Gasteiger charge is 2.21. The summed E-state index contributed by atoms with van der Waals surface area (Å²) in [7, 11) is 2.17. The fourth-order valence-electron chi connectivity index (χ4n) is 3.91. The summed E-state index contributed by atoms with van der Waals surface area (Å²) in [4.78, 5) is 15.1. The first-order valence-electron chi connectivity index (χ1n) is 11.1. The molecule has 0 N–H and O–H groups in total. The summed E-state index contributed by atoms with van der Waals surface area (Å²) in [5, 5.41) is 2.58. The number of likely N-dealkylation sites (N-methyl/N-ethyl adjacent to an activating group) is 1. The van der Waals surface area contributed by atoms with Crippen LogP contribution in [0.3, 0.4) is 0 Å². The number of rotatable bonds is 4. The molecule has 0 amide bonds. The Morgan fingerprint density at radius 2 is 1.45 bits per heavy atom. The van der Waals surface area contributed by atoms with E-state index in [0.717, 1.165) is 69.4 Å². The topological polar surface area (TPSA) is 31.7 Å². The van der Waals surface area contributed by atoms with Crippen LogP contribution in [0.25, 0.3) is 21.8 Å². The molecule has 2 heterocycles. The lowest BCUT2D eigenvalue weighted by molar-refractivity contribution is 0.216. The van der Waals surface area contributed by atoms with E-state index in [1.54, 1.807) is 11.3 Å². The monoisotopic (exact) mass is 472 g/mol. The normalized spacial score (nSPS) is 15.1. The Labute approximate surface area is 203 Å². The van der Waals surface area contributed by atoms with E-state index in [1.165, 1.54) is 0 Å². The number of benzene rings is 3. The van der Waals surface area contributed by atoms with Crippen molar-refractivity contribution in [2.75, 3.05) is 33.2 Å². The second kappa shape index (κ2) is 9.87.